The van der Waals surface area contributed by atoms with Crippen LogP contribution >= 0.6 is 0 Å². The standard InChI is InChI=1S/C15H23NO/c1-14(2,3)12-8-6-7-9-13(12)16-10-15(4,5)11-17/h6-9,11,16H,10H2,1-5H3. The van der Waals surface area contributed by atoms with Gasteiger partial charge in [0.25, 0.3) is 0 Å². The number of rotatable bonds is 4. The zero-order valence-corrected chi connectivity index (χ0v) is 11.5. The summed E-state index contributed by atoms with van der Waals surface area (Å²) in [6.45, 7) is 11.1. The molecule has 0 aliphatic carbocycles. The summed E-state index contributed by atoms with van der Waals surface area (Å²) in [5.41, 5.74) is 2.18. The first-order chi connectivity index (χ1) is 7.76. The molecule has 2 heteroatoms. The molecule has 94 valence electrons. The van der Waals surface area contributed by atoms with E-state index in [4.69, 9.17) is 0 Å². The zero-order valence-electron chi connectivity index (χ0n) is 11.5. The number of hydrogen-bond donors (Lipinski definition) is 1. The predicted molar refractivity (Wildman–Crippen MR) is 73.5 cm³/mol. The molecule has 0 aliphatic heterocycles. The number of benzene rings is 1. The monoisotopic (exact) mass is 233 g/mol. The van der Waals surface area contributed by atoms with E-state index in [1.807, 2.05) is 19.9 Å². The van der Waals surface area contributed by atoms with Gasteiger partial charge in [-0.1, -0.05) is 52.8 Å². The summed E-state index contributed by atoms with van der Waals surface area (Å²) in [5.74, 6) is 0. The van der Waals surface area contributed by atoms with Crippen molar-refractivity contribution < 1.29 is 4.79 Å². The number of carbonyl (C=O) groups is 1. The summed E-state index contributed by atoms with van der Waals surface area (Å²) in [4.78, 5) is 10.9. The third kappa shape index (κ3) is 3.88. The van der Waals surface area contributed by atoms with Crippen molar-refractivity contribution in [2.75, 3.05) is 11.9 Å². The molecule has 1 aromatic carbocycles. The zero-order chi connectivity index (χ0) is 13.1. The highest BCUT2D eigenvalue weighted by Crippen LogP contribution is 2.29. The van der Waals surface area contributed by atoms with Crippen LogP contribution in [0.2, 0.25) is 0 Å². The number of aldehydes is 1. The summed E-state index contributed by atoms with van der Waals surface area (Å²) in [6, 6.07) is 8.28. The van der Waals surface area contributed by atoms with Crippen molar-refractivity contribution in [3.63, 3.8) is 0 Å². The maximum atomic E-state index is 10.9. The van der Waals surface area contributed by atoms with E-state index in [2.05, 4.69) is 44.3 Å². The molecular formula is C15H23NO. The van der Waals surface area contributed by atoms with Crippen LogP contribution < -0.4 is 5.32 Å². The number of carbonyl (C=O) groups excluding carboxylic acids is 1. The van der Waals surface area contributed by atoms with Crippen LogP contribution in [0.25, 0.3) is 0 Å². The first kappa shape index (κ1) is 13.8. The predicted octanol–water partition coefficient (Wildman–Crippen LogP) is 3.62. The van der Waals surface area contributed by atoms with Crippen LogP contribution in [0.1, 0.15) is 40.2 Å². The first-order valence-corrected chi connectivity index (χ1v) is 6.06. The van der Waals surface area contributed by atoms with Crippen molar-refractivity contribution in [3.8, 4) is 0 Å². The van der Waals surface area contributed by atoms with Gasteiger partial charge in [-0.25, -0.2) is 0 Å². The smallest absolute Gasteiger partial charge is 0.127 e. The lowest BCUT2D eigenvalue weighted by Gasteiger charge is -2.25. The van der Waals surface area contributed by atoms with Gasteiger partial charge in [-0.15, -0.1) is 0 Å². The average Bonchev–Trinajstić information content (AvgIpc) is 2.26. The lowest BCUT2D eigenvalue weighted by Crippen LogP contribution is -2.25. The highest BCUT2D eigenvalue weighted by atomic mass is 16.1. The number of nitrogens with one attached hydrogen (secondary N) is 1. The minimum Gasteiger partial charge on any atom is -0.384 e. The normalized spacial score (nSPS) is 12.3. The van der Waals surface area contributed by atoms with Crippen LogP contribution in [0.3, 0.4) is 0 Å². The molecule has 0 radical (unpaired) electrons. The van der Waals surface area contributed by atoms with Crippen molar-refractivity contribution in [2.24, 2.45) is 5.41 Å². The Morgan fingerprint density at radius 1 is 1.12 bits per heavy atom. The van der Waals surface area contributed by atoms with E-state index >= 15 is 0 Å². The third-order valence-electron chi connectivity index (χ3n) is 2.79. The largest absolute Gasteiger partial charge is 0.384 e. The second kappa shape index (κ2) is 4.91. The SMILES string of the molecule is CC(C)(C=O)CNc1ccccc1C(C)(C)C. The van der Waals surface area contributed by atoms with Crippen molar-refractivity contribution in [1.82, 2.24) is 0 Å². The van der Waals surface area contributed by atoms with E-state index in [0.717, 1.165) is 12.0 Å². The Morgan fingerprint density at radius 2 is 1.71 bits per heavy atom. The second-order valence-electron chi connectivity index (χ2n) is 6.26. The molecule has 0 fully saturated rings. The Bertz CT molecular complexity index is 388. The van der Waals surface area contributed by atoms with Crippen molar-refractivity contribution in [1.29, 1.82) is 0 Å². The first-order valence-electron chi connectivity index (χ1n) is 6.06. The highest BCUT2D eigenvalue weighted by molar-refractivity contribution is 5.61. The molecular weight excluding hydrogens is 210 g/mol. The number of anilines is 1. The number of para-hydroxylation sites is 1. The molecule has 0 heterocycles. The molecule has 1 aromatic rings. The van der Waals surface area contributed by atoms with E-state index in [-0.39, 0.29) is 10.8 Å². The Labute approximate surface area is 104 Å². The summed E-state index contributed by atoms with van der Waals surface area (Å²) in [5, 5.41) is 3.38. The van der Waals surface area contributed by atoms with E-state index < -0.39 is 0 Å². The van der Waals surface area contributed by atoms with Crippen molar-refractivity contribution in [2.45, 2.75) is 40.0 Å². The summed E-state index contributed by atoms with van der Waals surface area (Å²) >= 11 is 0. The maximum absolute atomic E-state index is 10.9. The molecule has 0 spiro atoms. The van der Waals surface area contributed by atoms with Crippen molar-refractivity contribution >= 4 is 12.0 Å². The molecule has 0 bridgehead atoms. The average molecular weight is 233 g/mol. The van der Waals surface area contributed by atoms with E-state index in [1.54, 1.807) is 0 Å². The van der Waals surface area contributed by atoms with Gasteiger partial charge in [-0.3, -0.25) is 0 Å². The fourth-order valence-electron chi connectivity index (χ4n) is 1.66. The Kier molecular flexibility index (Phi) is 3.97. The topological polar surface area (TPSA) is 29.1 Å². The van der Waals surface area contributed by atoms with Gasteiger partial charge in [-0.2, -0.15) is 0 Å². The molecule has 2 nitrogen and oxygen atoms in total. The van der Waals surface area contributed by atoms with Gasteiger partial charge in [0, 0.05) is 17.6 Å². The van der Waals surface area contributed by atoms with Crippen molar-refractivity contribution in [3.05, 3.63) is 29.8 Å². The van der Waals surface area contributed by atoms with E-state index in [9.17, 15) is 4.79 Å². The summed E-state index contributed by atoms with van der Waals surface area (Å²) in [6.07, 6.45) is 1.000. The van der Waals surface area contributed by atoms with Crippen LogP contribution in [0.5, 0.6) is 0 Å². The molecule has 0 unspecified atom stereocenters. The molecule has 0 saturated carbocycles. The minimum atomic E-state index is -0.328. The van der Waals surface area contributed by atoms with Gasteiger partial charge in [-0.05, 0) is 17.0 Å². The summed E-state index contributed by atoms with van der Waals surface area (Å²) < 4.78 is 0. The van der Waals surface area contributed by atoms with Gasteiger partial charge >= 0.3 is 0 Å². The van der Waals surface area contributed by atoms with E-state index in [1.165, 1.54) is 5.56 Å². The molecule has 1 rings (SSSR count). The number of hydrogen-bond acceptors (Lipinski definition) is 2. The van der Waals surface area contributed by atoms with Gasteiger partial charge in [0.15, 0.2) is 0 Å². The molecule has 1 N–H and O–H groups in total. The molecule has 0 amide bonds. The molecule has 0 atom stereocenters. The Balaban J connectivity index is 2.89. The van der Waals surface area contributed by atoms with Crippen LogP contribution in [0.15, 0.2) is 24.3 Å². The van der Waals surface area contributed by atoms with Gasteiger partial charge in [0.2, 0.25) is 0 Å². The van der Waals surface area contributed by atoms with Crippen LogP contribution in [-0.4, -0.2) is 12.8 Å². The molecule has 0 aliphatic rings. The van der Waals surface area contributed by atoms with Gasteiger partial charge in [0.1, 0.15) is 6.29 Å². The minimum absolute atomic E-state index is 0.106. The van der Waals surface area contributed by atoms with Crippen LogP contribution in [0.4, 0.5) is 5.69 Å². The fourth-order valence-corrected chi connectivity index (χ4v) is 1.66. The molecule has 0 saturated heterocycles. The quantitative estimate of drug-likeness (QED) is 0.805. The third-order valence-corrected chi connectivity index (χ3v) is 2.79. The van der Waals surface area contributed by atoms with Gasteiger partial charge in [0.05, 0.1) is 0 Å². The fraction of sp³-hybridized carbons (Fsp3) is 0.533. The lowest BCUT2D eigenvalue weighted by atomic mass is 9.85. The van der Waals surface area contributed by atoms with Gasteiger partial charge < -0.3 is 10.1 Å². The second-order valence-corrected chi connectivity index (χ2v) is 6.26. The Hall–Kier alpha value is -1.31. The van der Waals surface area contributed by atoms with Crippen LogP contribution in [-0.2, 0) is 10.2 Å². The summed E-state index contributed by atoms with van der Waals surface area (Å²) in [7, 11) is 0. The molecule has 17 heavy (non-hydrogen) atoms. The maximum Gasteiger partial charge on any atom is 0.127 e. The van der Waals surface area contributed by atoms with Crippen LogP contribution in [0, 0.1) is 5.41 Å². The molecule has 0 aromatic heterocycles. The van der Waals surface area contributed by atoms with E-state index in [0.29, 0.717) is 6.54 Å². The Morgan fingerprint density at radius 3 is 2.24 bits per heavy atom. The highest BCUT2D eigenvalue weighted by Gasteiger charge is 2.20. The lowest BCUT2D eigenvalue weighted by molar-refractivity contribution is -0.114.